The van der Waals surface area contributed by atoms with Gasteiger partial charge in [-0.3, -0.25) is 4.79 Å². The van der Waals surface area contributed by atoms with Crippen LogP contribution in [0.5, 0.6) is 17.2 Å². The fourth-order valence-electron chi connectivity index (χ4n) is 2.92. The van der Waals surface area contributed by atoms with Crippen LogP contribution in [0.4, 0.5) is 5.69 Å². The lowest BCUT2D eigenvalue weighted by Gasteiger charge is -2.14. The van der Waals surface area contributed by atoms with Crippen LogP contribution in [0.3, 0.4) is 0 Å². The molecule has 1 amide bonds. The van der Waals surface area contributed by atoms with Crippen molar-refractivity contribution >= 4 is 27.5 Å². The summed E-state index contributed by atoms with van der Waals surface area (Å²) in [6.45, 7) is 2.55. The molecule has 0 spiro atoms. The molecule has 0 aliphatic carbocycles. The highest BCUT2D eigenvalue weighted by Gasteiger charge is 2.20. The quantitative estimate of drug-likeness (QED) is 0.584. The molecule has 0 aromatic heterocycles. The van der Waals surface area contributed by atoms with Gasteiger partial charge in [0.15, 0.2) is 11.5 Å². The van der Waals surface area contributed by atoms with Gasteiger partial charge in [-0.1, -0.05) is 36.4 Å². The number of benzene rings is 3. The van der Waals surface area contributed by atoms with Crippen LogP contribution >= 0.6 is 15.9 Å². The van der Waals surface area contributed by atoms with E-state index in [1.807, 2.05) is 55.5 Å². The molecule has 1 N–H and O–H groups in total. The van der Waals surface area contributed by atoms with E-state index in [2.05, 4.69) is 21.2 Å². The van der Waals surface area contributed by atoms with Gasteiger partial charge >= 0.3 is 0 Å². The van der Waals surface area contributed by atoms with Crippen LogP contribution in [0.2, 0.25) is 0 Å². The van der Waals surface area contributed by atoms with Crippen molar-refractivity contribution < 1.29 is 19.0 Å². The van der Waals surface area contributed by atoms with Crippen molar-refractivity contribution in [2.75, 3.05) is 12.1 Å². The molecule has 3 aromatic carbocycles. The first kappa shape index (κ1) is 18.4. The van der Waals surface area contributed by atoms with Gasteiger partial charge in [-0.2, -0.15) is 0 Å². The molecule has 142 valence electrons. The number of anilines is 1. The number of halogens is 1. The highest BCUT2D eigenvalue weighted by molar-refractivity contribution is 9.10. The minimum atomic E-state index is -0.242. The summed E-state index contributed by atoms with van der Waals surface area (Å²) in [5, 5.41) is 2.95. The van der Waals surface area contributed by atoms with Gasteiger partial charge in [0.2, 0.25) is 6.79 Å². The van der Waals surface area contributed by atoms with E-state index in [0.29, 0.717) is 33.8 Å². The molecule has 0 saturated heterocycles. The minimum absolute atomic E-state index is 0.159. The van der Waals surface area contributed by atoms with Crippen LogP contribution in [0.25, 0.3) is 0 Å². The molecule has 0 atom stereocenters. The van der Waals surface area contributed by atoms with E-state index >= 15 is 0 Å². The average Bonchev–Trinajstić information content (AvgIpc) is 3.16. The molecular weight excluding hydrogens is 422 g/mol. The summed E-state index contributed by atoms with van der Waals surface area (Å²) in [6, 6.07) is 19.0. The van der Waals surface area contributed by atoms with Crippen molar-refractivity contribution in [3.63, 3.8) is 0 Å². The fourth-order valence-corrected chi connectivity index (χ4v) is 3.42. The topological polar surface area (TPSA) is 56.8 Å². The normalized spacial score (nSPS) is 11.9. The molecule has 1 aliphatic heterocycles. The molecule has 0 fully saturated rings. The second-order valence-corrected chi connectivity index (χ2v) is 7.20. The fraction of sp³-hybridized carbons (Fsp3) is 0.136. The van der Waals surface area contributed by atoms with Gasteiger partial charge in [-0.15, -0.1) is 0 Å². The van der Waals surface area contributed by atoms with Crippen LogP contribution in [-0.4, -0.2) is 12.7 Å². The molecule has 3 aromatic rings. The molecule has 28 heavy (non-hydrogen) atoms. The first-order chi connectivity index (χ1) is 13.6. The zero-order valence-corrected chi connectivity index (χ0v) is 16.8. The SMILES string of the molecule is Cc1c(NC(=O)c2cc3c(cc2Br)OCO3)cccc1OCc1ccccc1. The summed E-state index contributed by atoms with van der Waals surface area (Å²) in [5.41, 5.74) is 3.11. The zero-order chi connectivity index (χ0) is 19.5. The lowest BCUT2D eigenvalue weighted by molar-refractivity contribution is 0.102. The highest BCUT2D eigenvalue weighted by atomic mass is 79.9. The van der Waals surface area contributed by atoms with Gasteiger partial charge in [-0.05, 0) is 52.7 Å². The Morgan fingerprint density at radius 2 is 1.82 bits per heavy atom. The third kappa shape index (κ3) is 3.82. The summed E-state index contributed by atoms with van der Waals surface area (Å²) < 4.78 is 17.3. The van der Waals surface area contributed by atoms with Gasteiger partial charge < -0.3 is 19.5 Å². The summed E-state index contributed by atoms with van der Waals surface area (Å²) >= 11 is 3.43. The van der Waals surface area contributed by atoms with Crippen LogP contribution in [0.1, 0.15) is 21.5 Å². The minimum Gasteiger partial charge on any atom is -0.489 e. The first-order valence-corrected chi connectivity index (χ1v) is 9.58. The van der Waals surface area contributed by atoms with Crippen molar-refractivity contribution in [2.24, 2.45) is 0 Å². The summed E-state index contributed by atoms with van der Waals surface area (Å²) in [7, 11) is 0. The van der Waals surface area contributed by atoms with Crippen LogP contribution < -0.4 is 19.5 Å². The molecule has 0 radical (unpaired) electrons. The van der Waals surface area contributed by atoms with E-state index in [1.165, 1.54) is 0 Å². The largest absolute Gasteiger partial charge is 0.489 e. The maximum absolute atomic E-state index is 12.8. The Kier molecular flexibility index (Phi) is 5.21. The molecule has 0 unspecified atom stereocenters. The van der Waals surface area contributed by atoms with Crippen LogP contribution in [0, 0.1) is 6.92 Å². The van der Waals surface area contributed by atoms with E-state index in [4.69, 9.17) is 14.2 Å². The number of rotatable bonds is 5. The van der Waals surface area contributed by atoms with Crippen molar-refractivity contribution in [3.8, 4) is 17.2 Å². The van der Waals surface area contributed by atoms with E-state index in [9.17, 15) is 4.79 Å². The number of amides is 1. The van der Waals surface area contributed by atoms with Crippen LogP contribution in [0.15, 0.2) is 65.1 Å². The van der Waals surface area contributed by atoms with Crippen LogP contribution in [-0.2, 0) is 6.61 Å². The number of nitrogens with one attached hydrogen (secondary N) is 1. The molecule has 5 nitrogen and oxygen atoms in total. The van der Waals surface area contributed by atoms with Gasteiger partial charge in [0.25, 0.3) is 5.91 Å². The van der Waals surface area contributed by atoms with Crippen molar-refractivity contribution in [3.05, 3.63) is 81.8 Å². The van der Waals surface area contributed by atoms with Crippen molar-refractivity contribution in [2.45, 2.75) is 13.5 Å². The molecule has 1 aliphatic rings. The molecule has 0 saturated carbocycles. The van der Waals surface area contributed by atoms with Gasteiger partial charge in [-0.25, -0.2) is 0 Å². The third-order valence-electron chi connectivity index (χ3n) is 4.48. The Bertz CT molecular complexity index is 1020. The van der Waals surface area contributed by atoms with E-state index < -0.39 is 0 Å². The van der Waals surface area contributed by atoms with E-state index in [1.54, 1.807) is 12.1 Å². The zero-order valence-electron chi connectivity index (χ0n) is 15.2. The maximum atomic E-state index is 12.8. The average molecular weight is 440 g/mol. The number of ether oxygens (including phenoxy) is 3. The Hall–Kier alpha value is -2.99. The predicted molar refractivity (Wildman–Crippen MR) is 110 cm³/mol. The Morgan fingerprint density at radius 1 is 1.07 bits per heavy atom. The van der Waals surface area contributed by atoms with E-state index in [-0.39, 0.29) is 12.7 Å². The number of fused-ring (bicyclic) bond motifs is 1. The number of carbonyl (C=O) groups is 1. The van der Waals surface area contributed by atoms with Gasteiger partial charge in [0.1, 0.15) is 12.4 Å². The molecular formula is C22H18BrNO4. The molecule has 6 heteroatoms. The number of carbonyl (C=O) groups excluding carboxylic acids is 1. The molecule has 1 heterocycles. The second-order valence-electron chi connectivity index (χ2n) is 6.34. The predicted octanol–water partition coefficient (Wildman–Crippen LogP) is 5.32. The maximum Gasteiger partial charge on any atom is 0.256 e. The van der Waals surface area contributed by atoms with Crippen molar-refractivity contribution in [1.82, 2.24) is 0 Å². The number of hydrogen-bond acceptors (Lipinski definition) is 4. The summed E-state index contributed by atoms with van der Waals surface area (Å²) in [6.07, 6.45) is 0. The summed E-state index contributed by atoms with van der Waals surface area (Å²) in [4.78, 5) is 12.8. The Morgan fingerprint density at radius 3 is 2.61 bits per heavy atom. The lowest BCUT2D eigenvalue weighted by Crippen LogP contribution is -2.14. The molecule has 4 rings (SSSR count). The van der Waals surface area contributed by atoms with Gasteiger partial charge in [0, 0.05) is 15.7 Å². The smallest absolute Gasteiger partial charge is 0.256 e. The van der Waals surface area contributed by atoms with E-state index in [0.717, 1.165) is 16.9 Å². The highest BCUT2D eigenvalue weighted by Crippen LogP contribution is 2.37. The Labute approximate surface area is 171 Å². The monoisotopic (exact) mass is 439 g/mol. The summed E-state index contributed by atoms with van der Waals surface area (Å²) in [5.74, 6) is 1.67. The standard InChI is InChI=1S/C22H18BrNO4/c1-14-18(8-5-9-19(14)26-12-15-6-3-2-4-7-15)24-22(25)16-10-20-21(11-17(16)23)28-13-27-20/h2-11H,12-13H2,1H3,(H,24,25). The second kappa shape index (κ2) is 7.94. The van der Waals surface area contributed by atoms with Gasteiger partial charge in [0.05, 0.1) is 5.56 Å². The third-order valence-corrected chi connectivity index (χ3v) is 5.13. The Balaban J connectivity index is 1.51. The lowest BCUT2D eigenvalue weighted by atomic mass is 10.1. The number of hydrogen-bond donors (Lipinski definition) is 1. The first-order valence-electron chi connectivity index (χ1n) is 8.78. The van der Waals surface area contributed by atoms with Crippen molar-refractivity contribution in [1.29, 1.82) is 0 Å². The molecule has 0 bridgehead atoms.